The summed E-state index contributed by atoms with van der Waals surface area (Å²) >= 11 is 0. The van der Waals surface area contributed by atoms with Crippen molar-refractivity contribution in [1.82, 2.24) is 0 Å². The minimum absolute atomic E-state index is 0.00713. The summed E-state index contributed by atoms with van der Waals surface area (Å²) in [5.41, 5.74) is -11.8. The average Bonchev–Trinajstić information content (AvgIpc) is 3.08. The van der Waals surface area contributed by atoms with E-state index in [9.17, 15) is 32.3 Å². The second-order valence-corrected chi connectivity index (χ2v) is 23.4. The van der Waals surface area contributed by atoms with Crippen LogP contribution in [0.25, 0.3) is 0 Å². The van der Waals surface area contributed by atoms with E-state index in [0.29, 0.717) is 51.4 Å². The lowest BCUT2D eigenvalue weighted by molar-refractivity contribution is -0.282. The topological polar surface area (TPSA) is 151 Å². The van der Waals surface area contributed by atoms with Crippen molar-refractivity contribution in [2.45, 2.75) is 252 Å². The molecule has 0 bridgehead atoms. The summed E-state index contributed by atoms with van der Waals surface area (Å²) in [5.74, 6) is -5.79. The number of halogens is 9. The first kappa shape index (κ1) is 72.5. The van der Waals surface area contributed by atoms with Crippen molar-refractivity contribution in [2.24, 2.45) is 0 Å². The van der Waals surface area contributed by atoms with E-state index in [1.165, 1.54) is 73.5 Å². The Morgan fingerprint density at radius 3 is 1.21 bits per heavy atom. The molecule has 0 amide bonds. The molecule has 496 valence electrons. The van der Waals surface area contributed by atoms with Gasteiger partial charge in [0.25, 0.3) is 16.8 Å². The predicted molar refractivity (Wildman–Crippen MR) is 311 cm³/mol. The fourth-order valence-electron chi connectivity index (χ4n) is 12.5. The SMILES string of the molecule is CCCCCCCCCCCC[C@@H](OC(=O)[C@](OC)(c1ccccc1)C(F)(F)F)[C@H]1CC[C@H]([C@H]2CCC[C@@H]([C@H](CCCCCCC[C@H](CC3=C[C@H](C)OC3=O)OC(=O)[C@](OC)(c3ccccc3)C(F)(F)F)OC(=O)[C@](OC)(c3ccccc3)C(F)(F)F)O2)O1. The molecule has 0 radical (unpaired) electrons. The lowest BCUT2D eigenvalue weighted by Crippen LogP contribution is -2.54. The third-order valence-corrected chi connectivity index (χ3v) is 17.3. The number of alkyl halides is 9. The number of hydrogen-bond donors (Lipinski definition) is 0. The molecule has 3 aliphatic rings. The van der Waals surface area contributed by atoms with Crippen molar-refractivity contribution < 1.29 is 101 Å². The molecule has 2 saturated heterocycles. The van der Waals surface area contributed by atoms with Crippen LogP contribution in [0.5, 0.6) is 0 Å². The van der Waals surface area contributed by atoms with Crippen molar-refractivity contribution in [3.8, 4) is 0 Å². The number of carbonyl (C=O) groups is 4. The zero-order chi connectivity index (χ0) is 64.9. The lowest BCUT2D eigenvalue weighted by atomic mass is 9.91. The Kier molecular flexibility index (Phi) is 27.4. The molecule has 3 aromatic rings. The van der Waals surface area contributed by atoms with Crippen molar-refractivity contribution in [2.75, 3.05) is 21.3 Å². The van der Waals surface area contributed by atoms with Crippen molar-refractivity contribution >= 4 is 23.9 Å². The molecule has 89 heavy (non-hydrogen) atoms. The van der Waals surface area contributed by atoms with Crippen molar-refractivity contribution in [3.63, 3.8) is 0 Å². The van der Waals surface area contributed by atoms with Gasteiger partial charge in [-0.1, -0.05) is 175 Å². The number of unbranched alkanes of at least 4 members (excludes halogenated alkanes) is 13. The quantitative estimate of drug-likeness (QED) is 0.0235. The molecule has 3 heterocycles. The Bertz CT molecular complexity index is 2680. The van der Waals surface area contributed by atoms with E-state index in [1.807, 2.05) is 0 Å². The lowest BCUT2D eigenvalue weighted by Gasteiger charge is -2.39. The van der Waals surface area contributed by atoms with Gasteiger partial charge in [-0.05, 0) is 83.6 Å². The van der Waals surface area contributed by atoms with Crippen LogP contribution in [0.2, 0.25) is 0 Å². The first-order chi connectivity index (χ1) is 42.4. The minimum Gasteiger partial charge on any atom is -0.459 e. The molecular weight excluding hydrogens is 1180 g/mol. The van der Waals surface area contributed by atoms with Gasteiger partial charge in [0.05, 0.1) is 24.4 Å². The van der Waals surface area contributed by atoms with Crippen LogP contribution in [-0.2, 0) is 78.6 Å². The summed E-state index contributed by atoms with van der Waals surface area (Å²) in [6.45, 7) is 3.76. The van der Waals surface area contributed by atoms with E-state index in [1.54, 1.807) is 6.92 Å². The summed E-state index contributed by atoms with van der Waals surface area (Å²) in [6, 6.07) is 19.1. The van der Waals surface area contributed by atoms with Crippen LogP contribution in [0, 0.1) is 0 Å². The molecule has 0 aromatic heterocycles. The molecule has 22 heteroatoms. The highest BCUT2D eigenvalue weighted by Crippen LogP contribution is 2.47. The third kappa shape index (κ3) is 18.2. The number of hydrogen-bond acceptors (Lipinski definition) is 13. The van der Waals surface area contributed by atoms with Gasteiger partial charge in [0, 0.05) is 50.0 Å². The molecule has 13 nitrogen and oxygen atoms in total. The Morgan fingerprint density at radius 2 is 0.843 bits per heavy atom. The number of esters is 4. The van der Waals surface area contributed by atoms with Crippen LogP contribution in [0.4, 0.5) is 39.5 Å². The van der Waals surface area contributed by atoms with Crippen LogP contribution in [0.15, 0.2) is 103 Å². The van der Waals surface area contributed by atoms with Gasteiger partial charge in [0.15, 0.2) is 0 Å². The molecule has 0 spiro atoms. The standard InChI is InChI=1S/C67H87F9O13/c1-6-7-8-9-10-11-12-13-16-28-39-55(89-61(80)64(83-5,67(74,75)76)50-35-25-20-26-36-50)57-43-42-56(87-57)53-41-30-40-52(86-53)54(88-60(79)63(82-4,66(71,72)73)49-33-23-19-24-34-49)38-29-17-14-15-27-37-51(45-47-44-46(2)84-58(47)77)85-59(78)62(81-3,65(68,69)70)48-31-21-18-22-32-48/h18-26,31-36,44,46,51-57H,6-17,27-30,37-43,45H2,1-5H3/t46-,51+,52-,53+,54-,55+,56+,57+,62+,63+,64+/m0/s1. The molecular formula is C67H87F9O13. The van der Waals surface area contributed by atoms with Gasteiger partial charge in [0.2, 0.25) is 0 Å². The number of benzene rings is 3. The van der Waals surface area contributed by atoms with Crippen LogP contribution >= 0.6 is 0 Å². The normalized spacial score (nSPS) is 22.2. The molecule has 0 saturated carbocycles. The van der Waals surface area contributed by atoms with Gasteiger partial charge in [0.1, 0.15) is 24.4 Å². The summed E-state index contributed by atoms with van der Waals surface area (Å²) in [7, 11) is 2.31. The molecule has 0 N–H and O–H groups in total. The Labute approximate surface area is 516 Å². The summed E-state index contributed by atoms with van der Waals surface area (Å²) in [6.07, 6.45) is -8.31. The van der Waals surface area contributed by atoms with E-state index in [0.717, 1.165) is 103 Å². The van der Waals surface area contributed by atoms with Crippen molar-refractivity contribution in [3.05, 3.63) is 119 Å². The second-order valence-electron chi connectivity index (χ2n) is 23.4. The zero-order valence-electron chi connectivity index (χ0n) is 51.5. The Morgan fingerprint density at radius 1 is 0.483 bits per heavy atom. The van der Waals surface area contributed by atoms with Gasteiger partial charge >= 0.3 is 42.4 Å². The Balaban J connectivity index is 1.17. The van der Waals surface area contributed by atoms with Crippen LogP contribution in [0.1, 0.15) is 185 Å². The van der Waals surface area contributed by atoms with E-state index in [4.69, 9.17) is 42.6 Å². The van der Waals surface area contributed by atoms with Gasteiger partial charge in [-0.25, -0.2) is 19.2 Å². The maximum atomic E-state index is 15.3. The number of rotatable bonds is 36. The number of cyclic esters (lactones) is 1. The molecule has 3 aliphatic heterocycles. The van der Waals surface area contributed by atoms with E-state index in [2.05, 4.69) is 6.92 Å². The van der Waals surface area contributed by atoms with Gasteiger partial charge in [-0.3, -0.25) is 0 Å². The number of carbonyl (C=O) groups excluding carboxylic acids is 4. The predicted octanol–water partition coefficient (Wildman–Crippen LogP) is 15.8. The first-order valence-corrected chi connectivity index (χ1v) is 31.3. The Hall–Kier alpha value is -5.55. The molecule has 0 aliphatic carbocycles. The molecule has 6 rings (SSSR count). The molecule has 0 unspecified atom stereocenters. The van der Waals surface area contributed by atoms with Gasteiger partial charge in [-0.2, -0.15) is 39.5 Å². The van der Waals surface area contributed by atoms with Gasteiger partial charge in [-0.15, -0.1) is 0 Å². The highest BCUT2D eigenvalue weighted by molar-refractivity contribution is 5.91. The first-order valence-electron chi connectivity index (χ1n) is 31.3. The monoisotopic (exact) mass is 1270 g/mol. The fourth-order valence-corrected chi connectivity index (χ4v) is 12.5. The molecule has 2 fully saturated rings. The smallest absolute Gasteiger partial charge is 0.432 e. The summed E-state index contributed by atoms with van der Waals surface area (Å²) in [4.78, 5) is 54.8. The van der Waals surface area contributed by atoms with E-state index in [-0.39, 0.29) is 50.5 Å². The number of ether oxygens (including phenoxy) is 9. The third-order valence-electron chi connectivity index (χ3n) is 17.3. The largest absolute Gasteiger partial charge is 0.459 e. The highest BCUT2D eigenvalue weighted by Gasteiger charge is 2.67. The maximum absolute atomic E-state index is 15.3. The molecule has 3 aromatic carbocycles. The molecule has 11 atom stereocenters. The van der Waals surface area contributed by atoms with Gasteiger partial charge < -0.3 is 42.6 Å². The summed E-state index contributed by atoms with van der Waals surface area (Å²) in [5, 5.41) is 0. The van der Waals surface area contributed by atoms with E-state index < -0.39 is 125 Å². The average molecular weight is 1270 g/mol. The van der Waals surface area contributed by atoms with Crippen LogP contribution in [0.3, 0.4) is 0 Å². The second kappa shape index (κ2) is 33.7. The number of methoxy groups -OCH3 is 3. The van der Waals surface area contributed by atoms with Crippen LogP contribution in [-0.4, -0.2) is 113 Å². The highest BCUT2D eigenvalue weighted by atomic mass is 19.4. The zero-order valence-corrected chi connectivity index (χ0v) is 51.5. The van der Waals surface area contributed by atoms with Crippen molar-refractivity contribution in [1.29, 1.82) is 0 Å². The summed E-state index contributed by atoms with van der Waals surface area (Å²) < 4.78 is 187. The maximum Gasteiger partial charge on any atom is 0.432 e. The minimum atomic E-state index is -5.30. The van der Waals surface area contributed by atoms with E-state index >= 15 is 26.3 Å². The fraction of sp³-hybridized carbons (Fsp3) is 0.642. The van der Waals surface area contributed by atoms with Crippen LogP contribution < -0.4 is 0 Å².